The molecule has 1 N–H and O–H groups in total. The third-order valence-electron chi connectivity index (χ3n) is 21.5. The topological polar surface area (TPSA) is 270 Å². The van der Waals surface area contributed by atoms with E-state index in [0.717, 1.165) is 94.2 Å². The fourth-order valence-corrected chi connectivity index (χ4v) is 26.2. The minimum atomic E-state index is -6.12. The summed E-state index contributed by atoms with van der Waals surface area (Å²) in [4.78, 5) is 8.17. The molecule has 0 amide bonds. The van der Waals surface area contributed by atoms with Gasteiger partial charge in [0.15, 0.2) is 49.4 Å². The van der Waals surface area contributed by atoms with Gasteiger partial charge in [0.2, 0.25) is 31.0 Å². The Morgan fingerprint density at radius 1 is 0.373 bits per heavy atom. The van der Waals surface area contributed by atoms with Gasteiger partial charge in [-0.3, -0.25) is 12.5 Å². The first-order chi connectivity index (χ1) is 51.8. The maximum absolute atomic E-state index is 12.2. The van der Waals surface area contributed by atoms with Gasteiger partial charge in [-0.2, -0.15) is 26.3 Å². The Bertz CT molecular complexity index is 4140. The number of aliphatic hydroxyl groups is 1. The van der Waals surface area contributed by atoms with Crippen molar-refractivity contribution in [3.63, 3.8) is 0 Å². The molecule has 0 heterocycles. The molecule has 0 aromatic heterocycles. The maximum atomic E-state index is 12.2. The van der Waals surface area contributed by atoms with Crippen molar-refractivity contribution in [2.75, 3.05) is 28.3 Å². The van der Waals surface area contributed by atoms with Crippen molar-refractivity contribution in [3.8, 4) is 0 Å². The molecule has 0 atom stereocenters. The van der Waals surface area contributed by atoms with Crippen LogP contribution in [0, 0.1) is 71.0 Å². The molecule has 600 valence electrons. The molecule has 12 saturated carbocycles. The molecule has 0 unspecified atom stereocenters. The maximum Gasteiger partial charge on any atom is 0.480 e. The lowest BCUT2D eigenvalue weighted by Crippen LogP contribution is -2.50. The molecule has 12 bridgehead atoms. The number of hydrogen-bond acceptors (Lipinski definition) is 15. The molecular weight excluding hydrogens is 1570 g/mol. The summed E-state index contributed by atoms with van der Waals surface area (Å²) in [7, 11) is -19.6. The van der Waals surface area contributed by atoms with E-state index in [-0.39, 0.29) is 51.6 Å². The van der Waals surface area contributed by atoms with Gasteiger partial charge < -0.3 is 22.4 Å². The van der Waals surface area contributed by atoms with Crippen LogP contribution in [0.4, 0.5) is 26.3 Å². The average molecular weight is 1670 g/mol. The second-order valence-electron chi connectivity index (χ2n) is 30.8. The number of nitrogens with zero attached hydrogens (tertiary/aromatic N) is 3. The number of halogens is 6. The summed E-state index contributed by atoms with van der Waals surface area (Å²) in [6.45, 7) is 1.10. The van der Waals surface area contributed by atoms with Crippen LogP contribution in [-0.2, 0) is 91.9 Å². The Morgan fingerprint density at radius 3 is 0.764 bits per heavy atom. The highest BCUT2D eigenvalue weighted by Crippen LogP contribution is 2.57. The summed E-state index contributed by atoms with van der Waals surface area (Å²) >= 11 is 0. The van der Waals surface area contributed by atoms with Gasteiger partial charge in [-0.15, -0.1) is 0 Å². The SMILES string of the molecule is COS(=O)(=O)[O-].C[N+](C)(C)Cc1ccccc1.O=S(=O)([N-]S(=O)(=O)C(F)(F)F)OC1C2CC3CC(C2)CC1C3.O=S(=O)([N-]S(=O)(=O)C(F)(F)F)OC1C2CC3CC(C2)CC1C3.OC1C2CC3CC(C2)CC1C3.c1ccc([S+](c2ccccc2)c2ccccc2)cc1.c1ccc([S+](c2ccccc2)c2ccccc2)cc1. The number of sulfonamides is 2. The van der Waals surface area contributed by atoms with Crippen LogP contribution in [0.1, 0.15) is 102 Å². The van der Waals surface area contributed by atoms with Gasteiger partial charge in [0.05, 0.1) is 68.4 Å². The number of hydrogen-bond donors (Lipinski definition) is 1. The molecule has 110 heavy (non-hydrogen) atoms. The highest BCUT2D eigenvalue weighted by molar-refractivity contribution is 8.11. The van der Waals surface area contributed by atoms with E-state index in [4.69, 9.17) is 8.37 Å². The van der Waals surface area contributed by atoms with Gasteiger partial charge in [0.25, 0.3) is 0 Å². The van der Waals surface area contributed by atoms with Crippen LogP contribution < -0.4 is 0 Å². The minimum absolute atomic E-state index is 0.0146. The number of quaternary nitrogens is 1. The standard InChI is InChI=1S/2C18H15S.2C11H15F3NO5S2.C10H16N.C10H16O.CH4O4S/c2*1-4-10-16(11-5-1)19(17-12-6-2-7-13-17)18-14-8-3-9-15-18;2*12-11(13,14)21(16,17)15-22(18,19)20-10-8-2-6-1-7(4-8)5-9(10)3-6;1-11(2,3)9-10-7-5-4-6-8-10;11-10-8-2-6-1-7(4-8)5-9(10)3-6;1-5-6(2,3)4/h2*1-15H;2*6-10H,1-5H2;4-8H,9H2,1-3H3;6-11H,1-5H2;1H3,(H,2,3,4)/q2*+1;2*-1;+1;;/p-1. The van der Waals surface area contributed by atoms with E-state index < -0.39 is 74.3 Å². The quantitative estimate of drug-likeness (QED) is 0.0292. The molecule has 0 spiro atoms. The fraction of sp³-hybridized carbons (Fsp3) is 0.468. The molecular formula is C79H95F6N3O15S7. The van der Waals surface area contributed by atoms with Crippen molar-refractivity contribution in [1.29, 1.82) is 0 Å². The van der Waals surface area contributed by atoms with Crippen molar-refractivity contribution in [2.24, 2.45) is 71.0 Å². The predicted molar refractivity (Wildman–Crippen MR) is 409 cm³/mol. The van der Waals surface area contributed by atoms with Crippen LogP contribution in [-0.4, -0.2) is 114 Å². The van der Waals surface area contributed by atoms with Gasteiger partial charge in [0.1, 0.15) is 6.54 Å². The fourth-order valence-electron chi connectivity index (χ4n) is 17.9. The molecule has 18 nitrogen and oxygen atoms in total. The molecule has 31 heteroatoms. The summed E-state index contributed by atoms with van der Waals surface area (Å²) in [5.41, 5.74) is -10.1. The first-order valence-electron chi connectivity index (χ1n) is 36.6. The number of benzene rings is 7. The molecule has 12 fully saturated rings. The number of aliphatic hydroxyl groups excluding tert-OH is 1. The number of rotatable bonds is 17. The third kappa shape index (κ3) is 24.6. The molecule has 0 saturated heterocycles. The van der Waals surface area contributed by atoms with E-state index in [2.05, 4.69) is 238 Å². The second kappa shape index (κ2) is 37.2. The molecule has 12 aliphatic rings. The lowest BCUT2D eigenvalue weighted by molar-refractivity contribution is -0.884. The number of alkyl halides is 6. The van der Waals surface area contributed by atoms with E-state index in [0.29, 0.717) is 35.5 Å². The van der Waals surface area contributed by atoms with Gasteiger partial charge in [-0.1, -0.05) is 140 Å². The molecule has 7 aromatic carbocycles. The lowest BCUT2D eigenvalue weighted by atomic mass is 9.55. The van der Waals surface area contributed by atoms with Gasteiger partial charge in [-0.05, 0) is 240 Å². The molecule has 7 aromatic rings. The highest BCUT2D eigenvalue weighted by atomic mass is 32.3. The van der Waals surface area contributed by atoms with Gasteiger partial charge in [-0.25, -0.2) is 42.1 Å². The normalized spacial score (nSPS) is 26.8. The Kier molecular flexibility index (Phi) is 29.3. The van der Waals surface area contributed by atoms with Crippen LogP contribution in [0.2, 0.25) is 0 Å². The Labute approximate surface area is 650 Å². The van der Waals surface area contributed by atoms with Crippen LogP contribution in [0.15, 0.2) is 242 Å². The van der Waals surface area contributed by atoms with E-state index in [1.54, 1.807) is 0 Å². The van der Waals surface area contributed by atoms with Crippen molar-refractivity contribution in [1.82, 2.24) is 0 Å². The summed E-state index contributed by atoms with van der Waals surface area (Å²) in [5, 5.41) is 9.83. The Morgan fingerprint density at radius 2 is 0.573 bits per heavy atom. The lowest BCUT2D eigenvalue weighted by Gasteiger charge is -2.53. The van der Waals surface area contributed by atoms with Gasteiger partial charge in [0, 0.05) is 5.56 Å². The third-order valence-corrected chi connectivity index (χ3v) is 31.5. The molecule has 0 radical (unpaired) electrons. The molecule has 0 aliphatic heterocycles. The zero-order valence-electron chi connectivity index (χ0n) is 61.3. The van der Waals surface area contributed by atoms with Crippen molar-refractivity contribution >= 4 is 72.8 Å². The smallest absolute Gasteiger partial charge is 0.480 e. The van der Waals surface area contributed by atoms with Gasteiger partial charge >= 0.3 is 11.0 Å². The zero-order chi connectivity index (χ0) is 79.5. The monoisotopic (exact) mass is 1660 g/mol. The van der Waals surface area contributed by atoms with E-state index in [1.165, 1.54) is 67.0 Å². The first-order valence-corrected chi connectivity index (χ1v) is 46.0. The Hall–Kier alpha value is -5.75. The van der Waals surface area contributed by atoms with Crippen LogP contribution >= 0.6 is 0 Å². The van der Waals surface area contributed by atoms with Crippen LogP contribution in [0.3, 0.4) is 0 Å². The zero-order valence-corrected chi connectivity index (χ0v) is 67.0. The summed E-state index contributed by atoms with van der Waals surface area (Å²) in [6, 6.07) is 74.9. The van der Waals surface area contributed by atoms with E-state index >= 15 is 0 Å². The summed E-state index contributed by atoms with van der Waals surface area (Å²) < 4.78 is 209. The summed E-state index contributed by atoms with van der Waals surface area (Å²) in [6.07, 6.45) is 13.9. The molecule has 19 rings (SSSR count). The molecule has 12 aliphatic carbocycles. The van der Waals surface area contributed by atoms with E-state index in [1.807, 2.05) is 8.25 Å². The highest BCUT2D eigenvalue weighted by Gasteiger charge is 2.53. The predicted octanol–water partition coefficient (Wildman–Crippen LogP) is 16.9. The van der Waals surface area contributed by atoms with E-state index in [9.17, 15) is 78.1 Å². The minimum Gasteiger partial charge on any atom is -0.726 e. The largest absolute Gasteiger partial charge is 0.726 e. The first kappa shape index (κ1) is 86.7. The van der Waals surface area contributed by atoms with Crippen LogP contribution in [0.5, 0.6) is 0 Å². The second-order valence-corrected chi connectivity index (χ2v) is 42.1. The average Bonchev–Trinajstić information content (AvgIpc) is 0.764. The van der Waals surface area contributed by atoms with Crippen LogP contribution in [0.25, 0.3) is 8.25 Å². The van der Waals surface area contributed by atoms with Crippen molar-refractivity contribution < 1.29 is 95.1 Å². The van der Waals surface area contributed by atoms with Crippen molar-refractivity contribution in [2.45, 2.75) is 162 Å². The summed E-state index contributed by atoms with van der Waals surface area (Å²) in [5.74, 6) is 5.28. The Balaban J connectivity index is 0.000000140. The van der Waals surface area contributed by atoms with Crippen molar-refractivity contribution in [3.05, 3.63) is 226 Å².